The van der Waals surface area contributed by atoms with Crippen LogP contribution in [0.4, 0.5) is 5.69 Å². The molecule has 0 saturated heterocycles. The third-order valence-corrected chi connectivity index (χ3v) is 5.64. The van der Waals surface area contributed by atoms with Crippen molar-refractivity contribution in [3.05, 3.63) is 52.6 Å². The van der Waals surface area contributed by atoms with Crippen molar-refractivity contribution in [1.29, 1.82) is 0 Å². The number of methoxy groups -OCH3 is 2. The minimum Gasteiger partial charge on any atom is -0.493 e. The Morgan fingerprint density at radius 2 is 1.83 bits per heavy atom. The number of ether oxygens (including phenoxy) is 2. The standard InChI is InChI=1S/C24H32N2O3/c1-16(2)20-8-6-7-17(3)24(20)25-23(27)10-12-26-11-9-18-13-21(28-4)22(29-5)14-19(18)15-26/h6-8,13-14,16H,9-12,15H2,1-5H3,(H,25,27). The van der Waals surface area contributed by atoms with Gasteiger partial charge >= 0.3 is 0 Å². The predicted octanol–water partition coefficient (Wildman–Crippen LogP) is 4.52. The van der Waals surface area contributed by atoms with Gasteiger partial charge in [-0.25, -0.2) is 0 Å². The van der Waals surface area contributed by atoms with Crippen molar-refractivity contribution < 1.29 is 14.3 Å². The first-order valence-electron chi connectivity index (χ1n) is 10.3. The number of rotatable bonds is 7. The maximum Gasteiger partial charge on any atom is 0.225 e. The van der Waals surface area contributed by atoms with Gasteiger partial charge in [-0.05, 0) is 53.6 Å². The number of anilines is 1. The number of nitrogens with one attached hydrogen (secondary N) is 1. The van der Waals surface area contributed by atoms with Gasteiger partial charge < -0.3 is 14.8 Å². The quantitative estimate of drug-likeness (QED) is 0.747. The van der Waals surface area contributed by atoms with Gasteiger partial charge in [0.2, 0.25) is 5.91 Å². The van der Waals surface area contributed by atoms with E-state index >= 15 is 0 Å². The van der Waals surface area contributed by atoms with E-state index in [4.69, 9.17) is 9.47 Å². The minimum absolute atomic E-state index is 0.0688. The molecule has 0 aromatic heterocycles. The lowest BCUT2D eigenvalue weighted by Crippen LogP contribution is -2.33. The molecule has 0 fully saturated rings. The van der Waals surface area contributed by atoms with Crippen LogP contribution in [0.25, 0.3) is 0 Å². The molecule has 29 heavy (non-hydrogen) atoms. The molecule has 0 radical (unpaired) electrons. The SMILES string of the molecule is COc1cc2c(cc1OC)CN(CCC(=O)Nc1c(C)cccc1C(C)C)CC2. The third-order valence-electron chi connectivity index (χ3n) is 5.64. The van der Waals surface area contributed by atoms with Crippen LogP contribution in [0.5, 0.6) is 11.5 Å². The summed E-state index contributed by atoms with van der Waals surface area (Å²) in [5.74, 6) is 1.97. The number of hydrogen-bond acceptors (Lipinski definition) is 4. The number of fused-ring (bicyclic) bond motifs is 1. The predicted molar refractivity (Wildman–Crippen MR) is 117 cm³/mol. The van der Waals surface area contributed by atoms with Gasteiger partial charge in [0.1, 0.15) is 0 Å². The van der Waals surface area contributed by atoms with E-state index in [2.05, 4.69) is 48.3 Å². The summed E-state index contributed by atoms with van der Waals surface area (Å²) in [6.07, 6.45) is 1.43. The van der Waals surface area contributed by atoms with Crippen LogP contribution < -0.4 is 14.8 Å². The molecule has 5 nitrogen and oxygen atoms in total. The highest BCUT2D eigenvalue weighted by Gasteiger charge is 2.20. The zero-order valence-corrected chi connectivity index (χ0v) is 18.2. The molecule has 0 aliphatic carbocycles. The Morgan fingerprint density at radius 3 is 2.48 bits per heavy atom. The second-order valence-electron chi connectivity index (χ2n) is 7.99. The number of carbonyl (C=O) groups is 1. The molecule has 3 rings (SSSR count). The molecule has 0 saturated carbocycles. The minimum atomic E-state index is 0.0688. The molecule has 1 aliphatic rings. The fourth-order valence-corrected chi connectivity index (χ4v) is 3.94. The zero-order valence-electron chi connectivity index (χ0n) is 18.2. The second-order valence-corrected chi connectivity index (χ2v) is 7.99. The molecule has 0 atom stereocenters. The van der Waals surface area contributed by atoms with Crippen molar-refractivity contribution in [1.82, 2.24) is 4.90 Å². The molecule has 2 aromatic carbocycles. The molecule has 1 amide bonds. The van der Waals surface area contributed by atoms with Gasteiger partial charge in [-0.2, -0.15) is 0 Å². The van der Waals surface area contributed by atoms with E-state index in [0.29, 0.717) is 12.3 Å². The number of hydrogen-bond donors (Lipinski definition) is 1. The van der Waals surface area contributed by atoms with E-state index in [1.807, 2.05) is 13.0 Å². The number of benzene rings is 2. The second kappa shape index (κ2) is 9.31. The summed E-state index contributed by atoms with van der Waals surface area (Å²) >= 11 is 0. The Labute approximate surface area is 174 Å². The van der Waals surface area contributed by atoms with E-state index in [-0.39, 0.29) is 5.91 Å². The Hall–Kier alpha value is -2.53. The lowest BCUT2D eigenvalue weighted by atomic mass is 9.98. The Balaban J connectivity index is 1.61. The van der Waals surface area contributed by atoms with Gasteiger partial charge in [0.25, 0.3) is 0 Å². The smallest absolute Gasteiger partial charge is 0.225 e. The van der Waals surface area contributed by atoms with E-state index in [1.165, 1.54) is 16.7 Å². The molecule has 0 spiro atoms. The highest BCUT2D eigenvalue weighted by Crippen LogP contribution is 2.33. The van der Waals surface area contributed by atoms with Crippen molar-refractivity contribution >= 4 is 11.6 Å². The molecule has 0 bridgehead atoms. The fourth-order valence-electron chi connectivity index (χ4n) is 3.94. The molecule has 1 heterocycles. The largest absolute Gasteiger partial charge is 0.493 e. The van der Waals surface area contributed by atoms with E-state index in [1.54, 1.807) is 14.2 Å². The van der Waals surface area contributed by atoms with Crippen LogP contribution in [0.1, 0.15) is 48.4 Å². The van der Waals surface area contributed by atoms with Crippen LogP contribution in [0.2, 0.25) is 0 Å². The molecule has 5 heteroatoms. The lowest BCUT2D eigenvalue weighted by Gasteiger charge is -2.29. The van der Waals surface area contributed by atoms with Crippen LogP contribution in [0.15, 0.2) is 30.3 Å². The van der Waals surface area contributed by atoms with Gasteiger partial charge in [-0.15, -0.1) is 0 Å². The normalized spacial score (nSPS) is 13.9. The Kier molecular flexibility index (Phi) is 6.80. The van der Waals surface area contributed by atoms with Gasteiger partial charge in [0, 0.05) is 31.7 Å². The Morgan fingerprint density at radius 1 is 1.14 bits per heavy atom. The number of para-hydroxylation sites is 1. The third kappa shape index (κ3) is 4.91. The molecule has 0 unspecified atom stereocenters. The van der Waals surface area contributed by atoms with Crippen molar-refractivity contribution in [2.45, 2.75) is 46.1 Å². The molecular weight excluding hydrogens is 364 g/mol. The van der Waals surface area contributed by atoms with E-state index in [9.17, 15) is 4.79 Å². The Bertz CT molecular complexity index is 877. The van der Waals surface area contributed by atoms with Gasteiger partial charge in [-0.3, -0.25) is 9.69 Å². The van der Waals surface area contributed by atoms with Crippen molar-refractivity contribution in [3.8, 4) is 11.5 Å². The first-order valence-corrected chi connectivity index (χ1v) is 10.3. The van der Waals surface area contributed by atoms with Crippen LogP contribution in [0, 0.1) is 6.92 Å². The van der Waals surface area contributed by atoms with Crippen LogP contribution in [0.3, 0.4) is 0 Å². The van der Waals surface area contributed by atoms with E-state index < -0.39 is 0 Å². The average Bonchev–Trinajstić information content (AvgIpc) is 2.72. The van der Waals surface area contributed by atoms with E-state index in [0.717, 1.165) is 48.8 Å². The fraction of sp³-hybridized carbons (Fsp3) is 0.458. The summed E-state index contributed by atoms with van der Waals surface area (Å²) in [5, 5.41) is 3.15. The summed E-state index contributed by atoms with van der Waals surface area (Å²) in [7, 11) is 3.32. The van der Waals surface area contributed by atoms with Crippen molar-refractivity contribution in [2.75, 3.05) is 32.6 Å². The summed E-state index contributed by atoms with van der Waals surface area (Å²) in [6.45, 7) is 8.85. The summed E-state index contributed by atoms with van der Waals surface area (Å²) in [6, 6.07) is 10.3. The first-order chi connectivity index (χ1) is 13.9. The van der Waals surface area contributed by atoms with Crippen molar-refractivity contribution in [2.24, 2.45) is 0 Å². The number of aryl methyl sites for hydroxylation is 1. The maximum absolute atomic E-state index is 12.6. The number of carbonyl (C=O) groups excluding carboxylic acids is 1. The molecule has 156 valence electrons. The van der Waals surface area contributed by atoms with Gasteiger partial charge in [0.15, 0.2) is 11.5 Å². The summed E-state index contributed by atoms with van der Waals surface area (Å²) in [5.41, 5.74) is 5.80. The van der Waals surface area contributed by atoms with Gasteiger partial charge in [-0.1, -0.05) is 32.0 Å². The maximum atomic E-state index is 12.6. The zero-order chi connectivity index (χ0) is 21.0. The van der Waals surface area contributed by atoms with Crippen LogP contribution >= 0.6 is 0 Å². The topological polar surface area (TPSA) is 50.8 Å². The molecule has 1 aliphatic heterocycles. The van der Waals surface area contributed by atoms with Crippen LogP contribution in [-0.2, 0) is 17.8 Å². The van der Waals surface area contributed by atoms with Crippen LogP contribution in [-0.4, -0.2) is 38.1 Å². The molecule has 1 N–H and O–H groups in total. The summed E-state index contributed by atoms with van der Waals surface area (Å²) < 4.78 is 10.8. The highest BCUT2D eigenvalue weighted by atomic mass is 16.5. The highest BCUT2D eigenvalue weighted by molar-refractivity contribution is 5.92. The number of nitrogens with zero attached hydrogens (tertiary/aromatic N) is 1. The molecule has 2 aromatic rings. The van der Waals surface area contributed by atoms with Crippen molar-refractivity contribution in [3.63, 3.8) is 0 Å². The number of amides is 1. The summed E-state index contributed by atoms with van der Waals surface area (Å²) in [4.78, 5) is 15.0. The average molecular weight is 397 g/mol. The lowest BCUT2D eigenvalue weighted by molar-refractivity contribution is -0.116. The first kappa shape index (κ1) is 21.2. The monoisotopic (exact) mass is 396 g/mol. The molecular formula is C24H32N2O3. The van der Waals surface area contributed by atoms with Gasteiger partial charge in [0.05, 0.1) is 14.2 Å².